The number of hydrogen-bond acceptors (Lipinski definition) is 9. The highest BCUT2D eigenvalue weighted by molar-refractivity contribution is 7.22. The molecule has 39 heavy (non-hydrogen) atoms. The van der Waals surface area contributed by atoms with Gasteiger partial charge in [-0.05, 0) is 61.0 Å². The number of amides is 1. The average Bonchev–Trinajstić information content (AvgIpc) is 3.50. The second-order valence-corrected chi connectivity index (χ2v) is 9.87. The lowest BCUT2D eigenvalue weighted by Crippen LogP contribution is -2.29. The Bertz CT molecular complexity index is 1640. The molecule has 1 saturated heterocycles. The molecule has 2 aliphatic heterocycles. The minimum absolute atomic E-state index is 0.0563. The third-order valence-electron chi connectivity index (χ3n) is 6.54. The van der Waals surface area contributed by atoms with Crippen LogP contribution in [0.1, 0.15) is 24.1 Å². The smallest absolute Gasteiger partial charge is 0.301 e. The van der Waals surface area contributed by atoms with E-state index in [-0.39, 0.29) is 11.3 Å². The first kappa shape index (κ1) is 24.7. The predicted molar refractivity (Wildman–Crippen MR) is 146 cm³/mol. The van der Waals surface area contributed by atoms with Gasteiger partial charge in [0, 0.05) is 5.56 Å². The molecule has 1 aromatic heterocycles. The van der Waals surface area contributed by atoms with Crippen molar-refractivity contribution in [3.63, 3.8) is 0 Å². The summed E-state index contributed by atoms with van der Waals surface area (Å²) in [5, 5.41) is 11.8. The molecule has 198 valence electrons. The minimum Gasteiger partial charge on any atom is -0.507 e. The number of hydrogen-bond donors (Lipinski definition) is 1. The molecule has 0 radical (unpaired) electrons. The number of aliphatic hydroxyl groups is 1. The topological polar surface area (TPSA) is 107 Å². The molecule has 1 fully saturated rings. The number of anilines is 1. The van der Waals surface area contributed by atoms with Gasteiger partial charge < -0.3 is 24.1 Å². The maximum Gasteiger partial charge on any atom is 0.301 e. The number of methoxy groups -OCH3 is 1. The Kier molecular flexibility index (Phi) is 6.32. The van der Waals surface area contributed by atoms with Crippen molar-refractivity contribution in [3.05, 3.63) is 77.4 Å². The highest BCUT2D eigenvalue weighted by atomic mass is 32.1. The molecular formula is C29H24N2O7S. The lowest BCUT2D eigenvalue weighted by molar-refractivity contribution is -0.132. The first-order valence-electron chi connectivity index (χ1n) is 12.4. The van der Waals surface area contributed by atoms with E-state index >= 15 is 0 Å². The number of fused-ring (bicyclic) bond motifs is 2. The molecule has 10 heteroatoms. The van der Waals surface area contributed by atoms with E-state index in [1.807, 2.05) is 25.1 Å². The fourth-order valence-corrected chi connectivity index (χ4v) is 5.78. The van der Waals surface area contributed by atoms with Gasteiger partial charge in [0.15, 0.2) is 16.6 Å². The molecule has 0 aliphatic carbocycles. The number of Topliss-reactive ketones (excluding diaryl/α,β-unsaturated/α-hetero) is 1. The Labute approximate surface area is 227 Å². The number of rotatable bonds is 6. The van der Waals surface area contributed by atoms with Crippen LogP contribution in [0.2, 0.25) is 0 Å². The van der Waals surface area contributed by atoms with E-state index in [2.05, 4.69) is 4.98 Å². The second-order valence-electron chi connectivity index (χ2n) is 8.86. The van der Waals surface area contributed by atoms with Crippen LogP contribution < -0.4 is 23.8 Å². The highest BCUT2D eigenvalue weighted by Gasteiger charge is 2.48. The summed E-state index contributed by atoms with van der Waals surface area (Å²) in [4.78, 5) is 33.1. The van der Waals surface area contributed by atoms with E-state index < -0.39 is 17.7 Å². The SMILES string of the molecule is CCOc1ccc2nc(N3C(=O)C(=O)/C(=C(\O)c4ccc5c(c4)OCCO5)C3c3cccc(OC)c3)sc2c1. The molecule has 3 aromatic carbocycles. The molecule has 0 saturated carbocycles. The minimum atomic E-state index is -0.944. The number of thiazole rings is 1. The summed E-state index contributed by atoms with van der Waals surface area (Å²) in [6.45, 7) is 3.21. The van der Waals surface area contributed by atoms with Crippen molar-refractivity contribution in [3.8, 4) is 23.0 Å². The van der Waals surface area contributed by atoms with Crippen molar-refractivity contribution >= 4 is 44.1 Å². The largest absolute Gasteiger partial charge is 0.507 e. The van der Waals surface area contributed by atoms with Crippen LogP contribution in [0, 0.1) is 0 Å². The molecule has 1 N–H and O–H groups in total. The first-order valence-corrected chi connectivity index (χ1v) is 13.2. The van der Waals surface area contributed by atoms with E-state index in [1.54, 1.807) is 42.5 Å². The molecule has 6 rings (SSSR count). The predicted octanol–water partition coefficient (Wildman–Crippen LogP) is 5.10. The summed E-state index contributed by atoms with van der Waals surface area (Å²) in [5.74, 6) is 0.307. The van der Waals surface area contributed by atoms with Crippen molar-refractivity contribution in [1.29, 1.82) is 0 Å². The molecule has 1 atom stereocenters. The molecule has 9 nitrogen and oxygen atoms in total. The van der Waals surface area contributed by atoms with Crippen LogP contribution in [0.25, 0.3) is 16.0 Å². The van der Waals surface area contributed by atoms with Crippen molar-refractivity contribution < 1.29 is 33.6 Å². The zero-order valence-electron chi connectivity index (χ0n) is 21.2. The first-order chi connectivity index (χ1) is 19.0. The zero-order valence-corrected chi connectivity index (χ0v) is 22.0. The number of aliphatic hydroxyl groups excluding tert-OH is 1. The quantitative estimate of drug-likeness (QED) is 0.203. The zero-order chi connectivity index (χ0) is 27.1. The molecular weight excluding hydrogens is 520 g/mol. The molecule has 1 amide bonds. The monoisotopic (exact) mass is 544 g/mol. The Morgan fingerprint density at radius 2 is 1.87 bits per heavy atom. The summed E-state index contributed by atoms with van der Waals surface area (Å²) in [6, 6.07) is 16.5. The van der Waals surface area contributed by atoms with E-state index in [0.29, 0.717) is 64.6 Å². The number of benzene rings is 3. The molecule has 2 aliphatic rings. The van der Waals surface area contributed by atoms with Gasteiger partial charge in [0.1, 0.15) is 30.5 Å². The van der Waals surface area contributed by atoms with Crippen LogP contribution in [-0.4, -0.2) is 48.7 Å². The Morgan fingerprint density at radius 1 is 1.05 bits per heavy atom. The second kappa shape index (κ2) is 9.95. The van der Waals surface area contributed by atoms with Gasteiger partial charge in [-0.3, -0.25) is 14.5 Å². The lowest BCUT2D eigenvalue weighted by Gasteiger charge is -2.23. The number of ketones is 1. The number of carbonyl (C=O) groups is 2. The molecule has 0 bridgehead atoms. The lowest BCUT2D eigenvalue weighted by atomic mass is 9.95. The van der Waals surface area contributed by atoms with Crippen molar-refractivity contribution in [2.24, 2.45) is 0 Å². The Hall–Kier alpha value is -4.57. The van der Waals surface area contributed by atoms with E-state index in [9.17, 15) is 14.7 Å². The summed E-state index contributed by atoms with van der Waals surface area (Å²) in [5.41, 5.74) is 1.52. The summed E-state index contributed by atoms with van der Waals surface area (Å²) in [7, 11) is 1.54. The summed E-state index contributed by atoms with van der Waals surface area (Å²) >= 11 is 1.27. The third kappa shape index (κ3) is 4.32. The molecule has 4 aromatic rings. The summed E-state index contributed by atoms with van der Waals surface area (Å²) in [6.07, 6.45) is 0. The van der Waals surface area contributed by atoms with Crippen LogP contribution in [0.15, 0.2) is 66.2 Å². The Balaban J connectivity index is 1.52. The maximum absolute atomic E-state index is 13.6. The van der Waals surface area contributed by atoms with Gasteiger partial charge in [0.05, 0.1) is 35.5 Å². The Morgan fingerprint density at radius 3 is 2.67 bits per heavy atom. The van der Waals surface area contributed by atoms with Crippen LogP contribution in [-0.2, 0) is 9.59 Å². The van der Waals surface area contributed by atoms with Crippen LogP contribution in [0.3, 0.4) is 0 Å². The van der Waals surface area contributed by atoms with E-state index in [1.165, 1.54) is 23.3 Å². The van der Waals surface area contributed by atoms with Gasteiger partial charge in [0.25, 0.3) is 5.78 Å². The van der Waals surface area contributed by atoms with Crippen LogP contribution in [0.4, 0.5) is 5.13 Å². The van der Waals surface area contributed by atoms with Crippen molar-refractivity contribution in [1.82, 2.24) is 4.98 Å². The fourth-order valence-electron chi connectivity index (χ4n) is 4.76. The molecule has 1 unspecified atom stereocenters. The van der Waals surface area contributed by atoms with Gasteiger partial charge in [-0.1, -0.05) is 23.5 Å². The van der Waals surface area contributed by atoms with Gasteiger partial charge in [-0.25, -0.2) is 4.98 Å². The number of nitrogens with zero attached hydrogens (tertiary/aromatic N) is 2. The molecule has 0 spiro atoms. The van der Waals surface area contributed by atoms with Crippen LogP contribution >= 0.6 is 11.3 Å². The van der Waals surface area contributed by atoms with E-state index in [0.717, 1.165) is 4.70 Å². The van der Waals surface area contributed by atoms with Crippen LogP contribution in [0.5, 0.6) is 23.0 Å². The number of carbonyl (C=O) groups excluding carboxylic acids is 2. The van der Waals surface area contributed by atoms with Gasteiger partial charge >= 0.3 is 5.91 Å². The maximum atomic E-state index is 13.6. The average molecular weight is 545 g/mol. The van der Waals surface area contributed by atoms with Gasteiger partial charge in [-0.15, -0.1) is 0 Å². The van der Waals surface area contributed by atoms with Gasteiger partial charge in [0.2, 0.25) is 0 Å². The van der Waals surface area contributed by atoms with E-state index in [4.69, 9.17) is 18.9 Å². The standard InChI is InChI=1S/C29H24N2O7S/c1-3-36-19-8-9-20-23(15-19)39-29(30-20)31-25(16-5-4-6-18(13-16)35-2)24(27(33)28(31)34)26(32)17-7-10-21-22(14-17)38-12-11-37-21/h4-10,13-15,25,32H,3,11-12H2,1-2H3/b26-24-. The van der Waals surface area contributed by atoms with Crippen molar-refractivity contribution in [2.45, 2.75) is 13.0 Å². The highest BCUT2D eigenvalue weighted by Crippen LogP contribution is 2.45. The normalized spacial score (nSPS) is 18.0. The number of aromatic nitrogens is 1. The molecule has 3 heterocycles. The van der Waals surface area contributed by atoms with Crippen molar-refractivity contribution in [2.75, 3.05) is 31.8 Å². The fraction of sp³-hybridized carbons (Fsp3) is 0.207. The summed E-state index contributed by atoms with van der Waals surface area (Å²) < 4.78 is 23.1. The van der Waals surface area contributed by atoms with Gasteiger partial charge in [-0.2, -0.15) is 0 Å². The third-order valence-corrected chi connectivity index (χ3v) is 7.55. The number of ether oxygens (including phenoxy) is 4.